The molecule has 4 rings (SSSR count). The molecule has 0 radical (unpaired) electrons. The van der Waals surface area contributed by atoms with Crippen LogP contribution in [0.2, 0.25) is 0 Å². The molecule has 1 atom stereocenters. The van der Waals surface area contributed by atoms with Crippen LogP contribution in [0.5, 0.6) is 0 Å². The van der Waals surface area contributed by atoms with Crippen LogP contribution in [0.1, 0.15) is 31.8 Å². The summed E-state index contributed by atoms with van der Waals surface area (Å²) in [6.07, 6.45) is 0.0778. The Labute approximate surface area is 184 Å². The molecule has 0 aliphatic heterocycles. The van der Waals surface area contributed by atoms with Gasteiger partial charge in [-0.1, -0.05) is 24.3 Å². The number of halogens is 1. The van der Waals surface area contributed by atoms with Crippen LogP contribution < -0.4 is 10.6 Å². The highest BCUT2D eigenvalue weighted by Crippen LogP contribution is 2.26. The van der Waals surface area contributed by atoms with Gasteiger partial charge in [-0.2, -0.15) is 0 Å². The smallest absolute Gasteiger partial charge is 0.267 e. The zero-order valence-corrected chi connectivity index (χ0v) is 18.0. The summed E-state index contributed by atoms with van der Waals surface area (Å²) in [5.41, 5.74) is 1.37. The van der Waals surface area contributed by atoms with Crippen molar-refractivity contribution in [3.8, 4) is 0 Å². The summed E-state index contributed by atoms with van der Waals surface area (Å²) in [4.78, 5) is 30.7. The Morgan fingerprint density at radius 2 is 1.77 bits per heavy atom. The second-order valence-corrected chi connectivity index (χ2v) is 9.10. The molecule has 30 heavy (non-hydrogen) atoms. The molecule has 0 aliphatic rings. The lowest BCUT2D eigenvalue weighted by Gasteiger charge is -2.18. The van der Waals surface area contributed by atoms with E-state index < -0.39 is 0 Å². The fraction of sp³-hybridized carbons (Fsp3) is 0.0952. The van der Waals surface area contributed by atoms with Crippen LogP contribution in [-0.2, 0) is 11.2 Å². The molecule has 0 saturated heterocycles. The number of thiophene rings is 2. The van der Waals surface area contributed by atoms with Gasteiger partial charge in [0, 0.05) is 10.3 Å². The summed E-state index contributed by atoms with van der Waals surface area (Å²) in [6, 6.07) is 13.1. The van der Waals surface area contributed by atoms with Crippen molar-refractivity contribution < 1.29 is 14.0 Å². The van der Waals surface area contributed by atoms with Crippen LogP contribution in [-0.4, -0.2) is 16.8 Å². The number of hydrogen-bond donors (Lipinski definition) is 2. The molecule has 0 aliphatic carbocycles. The Morgan fingerprint density at radius 3 is 2.47 bits per heavy atom. The number of carbonyl (C=O) groups excluding carboxylic acids is 2. The second kappa shape index (κ2) is 9.29. The SMILES string of the molecule is O=C(Cc1csc(NC(=O)c2cccs2)n1)N[C@@H](c1ccc(F)cc1)c1cccs1. The van der Waals surface area contributed by atoms with Gasteiger partial charge in [0.1, 0.15) is 5.82 Å². The molecule has 9 heteroatoms. The quantitative estimate of drug-likeness (QED) is 0.405. The number of thiazole rings is 1. The first-order chi connectivity index (χ1) is 14.6. The summed E-state index contributed by atoms with van der Waals surface area (Å²) >= 11 is 4.14. The van der Waals surface area contributed by atoms with Gasteiger partial charge >= 0.3 is 0 Å². The number of benzene rings is 1. The Balaban J connectivity index is 1.42. The van der Waals surface area contributed by atoms with Crippen LogP contribution in [0.15, 0.2) is 64.7 Å². The van der Waals surface area contributed by atoms with Crippen molar-refractivity contribution in [1.82, 2.24) is 10.3 Å². The third-order valence-corrected chi connectivity index (χ3v) is 6.81. The molecule has 5 nitrogen and oxygen atoms in total. The largest absolute Gasteiger partial charge is 0.344 e. The minimum Gasteiger partial charge on any atom is -0.344 e. The third-order valence-electron chi connectivity index (χ3n) is 4.20. The van der Waals surface area contributed by atoms with E-state index in [4.69, 9.17) is 0 Å². The van der Waals surface area contributed by atoms with Crippen LogP contribution in [0.3, 0.4) is 0 Å². The van der Waals surface area contributed by atoms with Crippen LogP contribution in [0, 0.1) is 5.82 Å². The van der Waals surface area contributed by atoms with Gasteiger partial charge < -0.3 is 5.32 Å². The molecule has 152 valence electrons. The maximum Gasteiger partial charge on any atom is 0.267 e. The highest BCUT2D eigenvalue weighted by Gasteiger charge is 2.19. The Morgan fingerprint density at radius 1 is 1.00 bits per heavy atom. The van der Waals surface area contributed by atoms with Gasteiger partial charge in [-0.05, 0) is 40.6 Å². The van der Waals surface area contributed by atoms with Gasteiger partial charge in [0.15, 0.2) is 5.13 Å². The highest BCUT2D eigenvalue weighted by atomic mass is 32.1. The third kappa shape index (κ3) is 4.99. The molecule has 4 aromatic rings. The lowest BCUT2D eigenvalue weighted by molar-refractivity contribution is -0.121. The number of carbonyl (C=O) groups is 2. The highest BCUT2D eigenvalue weighted by molar-refractivity contribution is 7.14. The number of nitrogens with zero attached hydrogens (tertiary/aromatic N) is 1. The fourth-order valence-electron chi connectivity index (χ4n) is 2.82. The minimum absolute atomic E-state index is 0.0778. The van der Waals surface area contributed by atoms with E-state index in [-0.39, 0.29) is 30.1 Å². The minimum atomic E-state index is -0.366. The van der Waals surface area contributed by atoms with E-state index in [1.54, 1.807) is 23.6 Å². The Hall–Kier alpha value is -2.88. The van der Waals surface area contributed by atoms with Gasteiger partial charge in [-0.3, -0.25) is 14.9 Å². The predicted octanol–water partition coefficient (Wildman–Crippen LogP) is 5.11. The van der Waals surface area contributed by atoms with Crippen molar-refractivity contribution in [3.63, 3.8) is 0 Å². The maximum atomic E-state index is 13.3. The average molecular weight is 458 g/mol. The molecular formula is C21H16FN3O2S3. The van der Waals surface area contributed by atoms with Gasteiger partial charge in [0.25, 0.3) is 5.91 Å². The van der Waals surface area contributed by atoms with Crippen LogP contribution in [0.4, 0.5) is 9.52 Å². The van der Waals surface area contributed by atoms with E-state index in [1.165, 1.54) is 46.1 Å². The maximum absolute atomic E-state index is 13.3. The van der Waals surface area contributed by atoms with Crippen molar-refractivity contribution in [2.24, 2.45) is 0 Å². The number of hydrogen-bond acceptors (Lipinski definition) is 6. The van der Waals surface area contributed by atoms with Gasteiger partial charge in [0.2, 0.25) is 5.91 Å². The molecule has 3 heterocycles. The second-order valence-electron chi connectivity index (χ2n) is 6.32. The molecule has 0 spiro atoms. The first kappa shape index (κ1) is 20.4. The molecular weight excluding hydrogens is 441 g/mol. The Bertz CT molecular complexity index is 1120. The molecule has 0 saturated carbocycles. The molecule has 1 aromatic carbocycles. The summed E-state index contributed by atoms with van der Waals surface area (Å²) in [5.74, 6) is -0.752. The van der Waals surface area contributed by atoms with E-state index in [9.17, 15) is 14.0 Å². The van der Waals surface area contributed by atoms with Gasteiger partial charge in [0.05, 0.1) is 23.0 Å². The predicted molar refractivity (Wildman–Crippen MR) is 119 cm³/mol. The molecule has 3 aromatic heterocycles. The van der Waals surface area contributed by atoms with E-state index in [1.807, 2.05) is 29.0 Å². The number of rotatable bonds is 7. The van der Waals surface area contributed by atoms with E-state index in [0.29, 0.717) is 15.7 Å². The standard InChI is InChI=1S/C21H16FN3O2S3/c22-14-7-5-13(6-8-14)19(16-3-1-9-28-16)24-18(26)11-15-12-30-21(23-15)25-20(27)17-4-2-10-29-17/h1-10,12,19H,11H2,(H,24,26)(H,23,25,27)/t19-/m0/s1. The van der Waals surface area contributed by atoms with Gasteiger partial charge in [-0.25, -0.2) is 9.37 Å². The van der Waals surface area contributed by atoms with E-state index >= 15 is 0 Å². The summed E-state index contributed by atoms with van der Waals surface area (Å²) in [7, 11) is 0. The molecule has 2 amide bonds. The monoisotopic (exact) mass is 457 g/mol. The lowest BCUT2D eigenvalue weighted by Crippen LogP contribution is -2.30. The number of nitrogens with one attached hydrogen (secondary N) is 2. The number of aromatic nitrogens is 1. The van der Waals surface area contributed by atoms with E-state index in [2.05, 4.69) is 15.6 Å². The van der Waals surface area contributed by atoms with Crippen molar-refractivity contribution in [1.29, 1.82) is 0 Å². The molecule has 2 N–H and O–H groups in total. The molecule has 0 bridgehead atoms. The lowest BCUT2D eigenvalue weighted by atomic mass is 10.0. The van der Waals surface area contributed by atoms with Crippen LogP contribution >= 0.6 is 34.0 Å². The molecule has 0 unspecified atom stereocenters. The summed E-state index contributed by atoms with van der Waals surface area (Å²) in [5, 5.41) is 11.7. The van der Waals surface area contributed by atoms with Crippen molar-refractivity contribution >= 4 is 51.0 Å². The average Bonchev–Trinajstić information content (AvgIpc) is 3.50. The summed E-state index contributed by atoms with van der Waals surface area (Å²) in [6.45, 7) is 0. The van der Waals surface area contributed by atoms with Crippen LogP contribution in [0.25, 0.3) is 0 Å². The molecule has 0 fully saturated rings. The zero-order chi connectivity index (χ0) is 20.9. The first-order valence-electron chi connectivity index (χ1n) is 8.96. The van der Waals surface area contributed by atoms with Crippen molar-refractivity contribution in [2.75, 3.05) is 5.32 Å². The number of anilines is 1. The van der Waals surface area contributed by atoms with Crippen molar-refractivity contribution in [2.45, 2.75) is 12.5 Å². The number of amides is 2. The zero-order valence-electron chi connectivity index (χ0n) is 15.5. The first-order valence-corrected chi connectivity index (χ1v) is 11.6. The summed E-state index contributed by atoms with van der Waals surface area (Å²) < 4.78 is 13.3. The fourth-order valence-corrected chi connectivity index (χ4v) is 4.94. The Kier molecular flexibility index (Phi) is 6.32. The van der Waals surface area contributed by atoms with Gasteiger partial charge in [-0.15, -0.1) is 34.0 Å². The van der Waals surface area contributed by atoms with Crippen molar-refractivity contribution in [3.05, 3.63) is 91.5 Å². The van der Waals surface area contributed by atoms with E-state index in [0.717, 1.165) is 10.4 Å². The topological polar surface area (TPSA) is 71.1 Å². The normalized spacial score (nSPS) is 11.8.